The van der Waals surface area contributed by atoms with Crippen LogP contribution in [-0.2, 0) is 10.0 Å². The fourth-order valence-corrected chi connectivity index (χ4v) is 3.98. The van der Waals surface area contributed by atoms with Gasteiger partial charge in [-0.25, -0.2) is 17.8 Å². The van der Waals surface area contributed by atoms with E-state index in [0.717, 1.165) is 23.5 Å². The van der Waals surface area contributed by atoms with E-state index in [2.05, 4.69) is 25.6 Å². The molecule has 0 aliphatic carbocycles. The zero-order chi connectivity index (χ0) is 12.5. The van der Waals surface area contributed by atoms with E-state index in [1.165, 1.54) is 12.3 Å². The number of benzene rings is 1. The molecule has 4 nitrogen and oxygen atoms in total. The van der Waals surface area contributed by atoms with Crippen molar-refractivity contribution in [3.8, 4) is 0 Å². The maximum Gasteiger partial charge on any atom is 0.264 e. The van der Waals surface area contributed by atoms with Gasteiger partial charge in [-0.1, -0.05) is 0 Å². The zero-order valence-electron chi connectivity index (χ0n) is 8.22. The summed E-state index contributed by atoms with van der Waals surface area (Å²) in [5.74, 6) is -0.509. The molecule has 0 atom stereocenters. The number of nitrogens with one attached hydrogen (secondary N) is 1. The summed E-state index contributed by atoms with van der Waals surface area (Å²) in [4.78, 5) is 3.78. The summed E-state index contributed by atoms with van der Waals surface area (Å²) in [5.41, 5.74) is 0. The van der Waals surface area contributed by atoms with Crippen LogP contribution in [0, 0.1) is 5.82 Å². The summed E-state index contributed by atoms with van der Waals surface area (Å²) < 4.78 is 39.2. The van der Waals surface area contributed by atoms with E-state index in [1.54, 1.807) is 5.38 Å². The van der Waals surface area contributed by atoms with Gasteiger partial charge in [0, 0.05) is 16.0 Å². The number of aromatic nitrogens is 1. The van der Waals surface area contributed by atoms with Gasteiger partial charge in [0.15, 0.2) is 5.13 Å². The molecule has 1 N–H and O–H groups in total. The summed E-state index contributed by atoms with van der Waals surface area (Å²) in [6, 6.07) is 3.37. The van der Waals surface area contributed by atoms with Crippen molar-refractivity contribution in [3.63, 3.8) is 0 Å². The van der Waals surface area contributed by atoms with Gasteiger partial charge in [-0.3, -0.25) is 4.72 Å². The summed E-state index contributed by atoms with van der Waals surface area (Å²) in [7, 11) is -3.75. The van der Waals surface area contributed by atoms with Crippen molar-refractivity contribution < 1.29 is 12.8 Å². The maximum atomic E-state index is 12.9. The SMILES string of the molecule is O=S(=O)(Nc1nccs1)c1ccc(F)cc1Br. The molecule has 1 aromatic heterocycles. The highest BCUT2D eigenvalue weighted by atomic mass is 79.9. The monoisotopic (exact) mass is 336 g/mol. The molecule has 0 spiro atoms. The van der Waals surface area contributed by atoms with Crippen molar-refractivity contribution in [1.82, 2.24) is 4.98 Å². The Bertz CT molecular complexity index is 628. The minimum Gasteiger partial charge on any atom is -0.255 e. The van der Waals surface area contributed by atoms with Gasteiger partial charge in [-0.2, -0.15) is 0 Å². The van der Waals surface area contributed by atoms with Crippen LogP contribution in [0.3, 0.4) is 0 Å². The average molecular weight is 337 g/mol. The lowest BCUT2D eigenvalue weighted by atomic mass is 10.3. The van der Waals surface area contributed by atoms with E-state index < -0.39 is 15.8 Å². The summed E-state index contributed by atoms with van der Waals surface area (Å²) in [5, 5.41) is 1.92. The van der Waals surface area contributed by atoms with E-state index in [4.69, 9.17) is 0 Å². The number of sulfonamides is 1. The highest BCUT2D eigenvalue weighted by molar-refractivity contribution is 9.10. The smallest absolute Gasteiger partial charge is 0.255 e. The second-order valence-electron chi connectivity index (χ2n) is 3.02. The zero-order valence-corrected chi connectivity index (χ0v) is 11.4. The minimum absolute atomic E-state index is 0.0332. The van der Waals surface area contributed by atoms with Gasteiger partial charge in [0.2, 0.25) is 0 Å². The average Bonchev–Trinajstić information content (AvgIpc) is 2.68. The first kappa shape index (κ1) is 12.5. The fourth-order valence-electron chi connectivity index (χ4n) is 1.14. The van der Waals surface area contributed by atoms with Crippen LogP contribution in [0.2, 0.25) is 0 Å². The van der Waals surface area contributed by atoms with E-state index in [0.29, 0.717) is 0 Å². The molecule has 1 aromatic carbocycles. The number of thiazole rings is 1. The Morgan fingerprint density at radius 1 is 1.41 bits per heavy atom. The van der Waals surface area contributed by atoms with Crippen LogP contribution in [0.5, 0.6) is 0 Å². The molecule has 8 heteroatoms. The number of anilines is 1. The van der Waals surface area contributed by atoms with Gasteiger partial charge < -0.3 is 0 Å². The summed E-state index contributed by atoms with van der Waals surface area (Å²) in [6.07, 6.45) is 1.49. The number of nitrogens with zero attached hydrogens (tertiary/aromatic N) is 1. The van der Waals surface area contributed by atoms with E-state index >= 15 is 0 Å². The Morgan fingerprint density at radius 2 is 2.18 bits per heavy atom. The van der Waals surface area contributed by atoms with E-state index in [1.807, 2.05) is 0 Å². The standard InChI is InChI=1S/C9H6BrFN2O2S2/c10-7-5-6(11)1-2-8(7)17(14,15)13-9-12-3-4-16-9/h1-5H,(H,12,13). The van der Waals surface area contributed by atoms with Gasteiger partial charge in [-0.15, -0.1) is 11.3 Å². The third kappa shape index (κ3) is 2.82. The van der Waals surface area contributed by atoms with E-state index in [9.17, 15) is 12.8 Å². The molecule has 90 valence electrons. The predicted molar refractivity (Wildman–Crippen MR) is 67.0 cm³/mol. The first-order valence-corrected chi connectivity index (χ1v) is 7.52. The molecule has 0 unspecified atom stereocenters. The second kappa shape index (κ2) is 4.71. The molecular formula is C9H6BrFN2O2S2. The number of rotatable bonds is 3. The lowest BCUT2D eigenvalue weighted by Crippen LogP contribution is -2.13. The molecule has 0 saturated carbocycles. The van der Waals surface area contributed by atoms with Gasteiger partial charge in [0.25, 0.3) is 10.0 Å². The molecule has 0 fully saturated rings. The molecule has 2 rings (SSSR count). The van der Waals surface area contributed by atoms with Gasteiger partial charge in [0.05, 0.1) is 0 Å². The van der Waals surface area contributed by atoms with Crippen LogP contribution in [-0.4, -0.2) is 13.4 Å². The van der Waals surface area contributed by atoms with Crippen LogP contribution >= 0.6 is 27.3 Å². The lowest BCUT2D eigenvalue weighted by molar-refractivity contribution is 0.599. The Hall–Kier alpha value is -0.990. The van der Waals surface area contributed by atoms with Crippen molar-refractivity contribution in [2.24, 2.45) is 0 Å². The third-order valence-electron chi connectivity index (χ3n) is 1.84. The molecule has 0 saturated heterocycles. The first-order chi connectivity index (χ1) is 7.99. The molecular weight excluding hydrogens is 331 g/mol. The van der Waals surface area contributed by atoms with Gasteiger partial charge >= 0.3 is 0 Å². The molecule has 0 aliphatic rings. The number of hydrogen-bond acceptors (Lipinski definition) is 4. The first-order valence-electron chi connectivity index (χ1n) is 4.36. The van der Waals surface area contributed by atoms with Crippen LogP contribution in [0.15, 0.2) is 39.1 Å². The Morgan fingerprint density at radius 3 is 2.76 bits per heavy atom. The second-order valence-corrected chi connectivity index (χ2v) is 6.42. The normalized spacial score (nSPS) is 11.4. The summed E-state index contributed by atoms with van der Waals surface area (Å²) in [6.45, 7) is 0. The molecule has 0 radical (unpaired) electrons. The van der Waals surface area contributed by atoms with Crippen LogP contribution in [0.25, 0.3) is 0 Å². The van der Waals surface area contributed by atoms with Crippen molar-refractivity contribution >= 4 is 42.4 Å². The van der Waals surface area contributed by atoms with E-state index in [-0.39, 0.29) is 14.5 Å². The van der Waals surface area contributed by atoms with Gasteiger partial charge in [-0.05, 0) is 34.1 Å². The van der Waals surface area contributed by atoms with Crippen molar-refractivity contribution in [1.29, 1.82) is 0 Å². The molecule has 0 aliphatic heterocycles. The summed E-state index contributed by atoms with van der Waals surface area (Å²) >= 11 is 4.17. The van der Waals surface area contributed by atoms with Crippen LogP contribution in [0.1, 0.15) is 0 Å². The molecule has 1 heterocycles. The molecule has 0 amide bonds. The van der Waals surface area contributed by atoms with Crippen molar-refractivity contribution in [2.45, 2.75) is 4.90 Å². The quantitative estimate of drug-likeness (QED) is 0.937. The maximum absolute atomic E-state index is 12.9. The predicted octanol–water partition coefficient (Wildman–Crippen LogP) is 2.85. The highest BCUT2D eigenvalue weighted by Crippen LogP contribution is 2.25. The lowest BCUT2D eigenvalue weighted by Gasteiger charge is -2.06. The number of halogens is 2. The molecule has 17 heavy (non-hydrogen) atoms. The minimum atomic E-state index is -3.75. The van der Waals surface area contributed by atoms with Gasteiger partial charge in [0.1, 0.15) is 10.7 Å². The van der Waals surface area contributed by atoms with Crippen LogP contribution < -0.4 is 4.72 Å². The molecule has 2 aromatic rings. The third-order valence-corrected chi connectivity index (χ3v) is 4.97. The van der Waals surface area contributed by atoms with Crippen molar-refractivity contribution in [2.75, 3.05) is 4.72 Å². The topological polar surface area (TPSA) is 59.1 Å². The Labute approximate surface area is 110 Å². The highest BCUT2D eigenvalue weighted by Gasteiger charge is 2.18. The Kier molecular flexibility index (Phi) is 3.45. The fraction of sp³-hybridized carbons (Fsp3) is 0. The largest absolute Gasteiger partial charge is 0.264 e. The Balaban J connectivity index is 2.38. The number of hydrogen-bond donors (Lipinski definition) is 1. The van der Waals surface area contributed by atoms with Crippen LogP contribution in [0.4, 0.5) is 9.52 Å². The van der Waals surface area contributed by atoms with Crippen molar-refractivity contribution in [3.05, 3.63) is 40.1 Å². The molecule has 0 bridgehead atoms.